The van der Waals surface area contributed by atoms with Gasteiger partial charge in [0.25, 0.3) is 9.05 Å². The molecule has 1 N–H and O–H groups in total. The quantitative estimate of drug-likeness (QED) is 0.831. The van der Waals surface area contributed by atoms with Gasteiger partial charge < -0.3 is 9.84 Å². The molecule has 0 unspecified atom stereocenters. The zero-order valence-corrected chi connectivity index (χ0v) is 9.64. The fraction of sp³-hybridized carbons (Fsp3) is 0.143. The minimum Gasteiger partial charge on any atom is -0.504 e. The second kappa shape index (κ2) is 4.51. The Labute approximate surface area is 103 Å². The molecule has 11 heteroatoms. The van der Waals surface area contributed by atoms with Crippen molar-refractivity contribution in [2.45, 2.75) is 11.3 Å². The van der Waals surface area contributed by atoms with Crippen molar-refractivity contribution in [3.8, 4) is 17.6 Å². The van der Waals surface area contributed by atoms with E-state index in [0.717, 1.165) is 0 Å². The van der Waals surface area contributed by atoms with E-state index < -0.39 is 37.5 Å². The van der Waals surface area contributed by atoms with Gasteiger partial charge in [-0.05, 0) is 0 Å². The minimum absolute atomic E-state index is 0.320. The van der Waals surface area contributed by atoms with Gasteiger partial charge >= 0.3 is 6.36 Å². The standard InChI is InChI=1S/C7H2ClF3N2O4S/c8-18(15,16)6-4(17-7(9,10)11)2-13-3(1-12)5(6)14/h2,14H. The van der Waals surface area contributed by atoms with Crippen LogP contribution in [-0.4, -0.2) is 24.9 Å². The molecule has 0 aliphatic heterocycles. The molecule has 0 fully saturated rings. The molecule has 1 rings (SSSR count). The van der Waals surface area contributed by atoms with E-state index in [-0.39, 0.29) is 0 Å². The summed E-state index contributed by atoms with van der Waals surface area (Å²) in [5.41, 5.74) is -0.802. The maximum atomic E-state index is 12.0. The third kappa shape index (κ3) is 3.14. The molecule has 0 aromatic carbocycles. The Morgan fingerprint density at radius 2 is 2.06 bits per heavy atom. The molecule has 0 saturated carbocycles. The third-order valence-electron chi connectivity index (χ3n) is 1.55. The van der Waals surface area contributed by atoms with Crippen LogP contribution in [0.25, 0.3) is 0 Å². The molecule has 1 heterocycles. The van der Waals surface area contributed by atoms with Crippen LogP contribution in [-0.2, 0) is 9.05 Å². The van der Waals surface area contributed by atoms with Crippen LogP contribution < -0.4 is 4.74 Å². The van der Waals surface area contributed by atoms with Crippen molar-refractivity contribution in [2.24, 2.45) is 0 Å². The van der Waals surface area contributed by atoms with E-state index in [1.807, 2.05) is 0 Å². The Hall–Kier alpha value is -1.73. The first-order chi connectivity index (χ1) is 8.06. The van der Waals surface area contributed by atoms with Crippen LogP contribution >= 0.6 is 10.7 Å². The minimum atomic E-state index is -5.21. The highest BCUT2D eigenvalue weighted by Crippen LogP contribution is 2.38. The number of nitrogens with zero attached hydrogens (tertiary/aromatic N) is 2. The fourth-order valence-corrected chi connectivity index (χ4v) is 2.09. The summed E-state index contributed by atoms with van der Waals surface area (Å²) in [5.74, 6) is -2.64. The van der Waals surface area contributed by atoms with Crippen LogP contribution in [0.4, 0.5) is 13.2 Å². The first kappa shape index (κ1) is 14.3. The molecule has 6 nitrogen and oxygen atoms in total. The maximum Gasteiger partial charge on any atom is 0.573 e. The largest absolute Gasteiger partial charge is 0.573 e. The number of aromatic nitrogens is 1. The molecule has 98 valence electrons. The Kier molecular flexibility index (Phi) is 3.59. The van der Waals surface area contributed by atoms with Gasteiger partial charge in [0.05, 0.1) is 6.20 Å². The van der Waals surface area contributed by atoms with Crippen molar-refractivity contribution in [3.63, 3.8) is 0 Å². The van der Waals surface area contributed by atoms with Gasteiger partial charge in [0, 0.05) is 10.7 Å². The summed E-state index contributed by atoms with van der Waals surface area (Å²) in [6, 6.07) is 1.28. The van der Waals surface area contributed by atoms with E-state index >= 15 is 0 Å². The van der Waals surface area contributed by atoms with Crippen molar-refractivity contribution in [1.29, 1.82) is 5.26 Å². The van der Waals surface area contributed by atoms with Gasteiger partial charge in [-0.25, -0.2) is 13.4 Å². The number of hydrogen-bond acceptors (Lipinski definition) is 6. The van der Waals surface area contributed by atoms with Gasteiger partial charge in [-0.1, -0.05) is 0 Å². The van der Waals surface area contributed by atoms with Gasteiger partial charge in [-0.2, -0.15) is 5.26 Å². The van der Waals surface area contributed by atoms with Gasteiger partial charge in [0.1, 0.15) is 6.07 Å². The molecular weight excluding hydrogens is 301 g/mol. The summed E-state index contributed by atoms with van der Waals surface area (Å²) in [6.45, 7) is 0. The maximum absolute atomic E-state index is 12.0. The Morgan fingerprint density at radius 1 is 1.50 bits per heavy atom. The SMILES string of the molecule is N#Cc1ncc(OC(F)(F)F)c(S(=O)(=O)Cl)c1O. The van der Waals surface area contributed by atoms with E-state index in [0.29, 0.717) is 6.20 Å². The Morgan fingerprint density at radius 3 is 2.44 bits per heavy atom. The predicted molar refractivity (Wildman–Crippen MR) is 50.3 cm³/mol. The van der Waals surface area contributed by atoms with Crippen molar-refractivity contribution in [1.82, 2.24) is 4.98 Å². The first-order valence-corrected chi connectivity index (χ1v) is 6.19. The van der Waals surface area contributed by atoms with Gasteiger partial charge in [-0.3, -0.25) is 0 Å². The molecule has 0 aliphatic carbocycles. The molecule has 0 radical (unpaired) electrons. The number of rotatable bonds is 2. The average Bonchev–Trinajstić information content (AvgIpc) is 2.13. The van der Waals surface area contributed by atoms with E-state index in [1.54, 1.807) is 0 Å². The normalized spacial score (nSPS) is 11.9. The summed E-state index contributed by atoms with van der Waals surface area (Å²) >= 11 is 0. The zero-order chi connectivity index (χ0) is 14.1. The van der Waals surface area contributed by atoms with Crippen LogP contribution in [0, 0.1) is 11.3 Å². The molecular formula is C7H2ClF3N2O4S. The topological polar surface area (TPSA) is 100 Å². The lowest BCUT2D eigenvalue weighted by Crippen LogP contribution is -2.19. The van der Waals surface area contributed by atoms with Crippen molar-refractivity contribution < 1.29 is 31.4 Å². The van der Waals surface area contributed by atoms with Crippen LogP contribution in [0.3, 0.4) is 0 Å². The summed E-state index contributed by atoms with van der Waals surface area (Å²) in [7, 11) is 0.0915. The molecule has 0 aliphatic rings. The van der Waals surface area contributed by atoms with Gasteiger partial charge in [0.2, 0.25) is 0 Å². The molecule has 18 heavy (non-hydrogen) atoms. The molecule has 1 aromatic heterocycles. The second-order valence-corrected chi connectivity index (χ2v) is 5.25. The second-order valence-electron chi connectivity index (χ2n) is 2.75. The summed E-state index contributed by atoms with van der Waals surface area (Å²) in [4.78, 5) is 1.73. The predicted octanol–water partition coefficient (Wildman–Crippen LogP) is 1.48. The molecule has 0 bridgehead atoms. The summed E-state index contributed by atoms with van der Waals surface area (Å²) in [6.07, 6.45) is -4.89. The van der Waals surface area contributed by atoms with Gasteiger partial charge in [-0.15, -0.1) is 13.2 Å². The smallest absolute Gasteiger partial charge is 0.504 e. The molecule has 0 saturated heterocycles. The Balaban J connectivity index is 3.56. The fourth-order valence-electron chi connectivity index (χ4n) is 0.982. The van der Waals surface area contributed by atoms with Crippen LogP contribution in [0.2, 0.25) is 0 Å². The van der Waals surface area contributed by atoms with Crippen LogP contribution in [0.1, 0.15) is 5.69 Å². The Bertz CT molecular complexity index is 623. The number of ether oxygens (including phenoxy) is 1. The highest BCUT2D eigenvalue weighted by molar-refractivity contribution is 8.13. The summed E-state index contributed by atoms with van der Waals surface area (Å²) < 4.78 is 61.4. The number of aromatic hydroxyl groups is 1. The number of alkyl halides is 3. The van der Waals surface area contributed by atoms with E-state index in [1.165, 1.54) is 6.07 Å². The average molecular weight is 303 g/mol. The molecule has 0 amide bonds. The van der Waals surface area contributed by atoms with E-state index in [9.17, 15) is 26.7 Å². The lowest BCUT2D eigenvalue weighted by Gasteiger charge is -2.12. The van der Waals surface area contributed by atoms with Gasteiger partial charge in [0.15, 0.2) is 22.1 Å². The van der Waals surface area contributed by atoms with E-state index in [4.69, 9.17) is 15.9 Å². The van der Waals surface area contributed by atoms with Crippen LogP contribution in [0.15, 0.2) is 11.1 Å². The summed E-state index contributed by atoms with van der Waals surface area (Å²) in [5, 5.41) is 17.8. The van der Waals surface area contributed by atoms with E-state index in [2.05, 4.69) is 9.72 Å². The zero-order valence-electron chi connectivity index (χ0n) is 8.06. The number of halogens is 4. The highest BCUT2D eigenvalue weighted by atomic mass is 35.7. The monoisotopic (exact) mass is 302 g/mol. The third-order valence-corrected chi connectivity index (χ3v) is 2.89. The van der Waals surface area contributed by atoms with Crippen molar-refractivity contribution in [3.05, 3.63) is 11.9 Å². The number of nitriles is 1. The number of hydrogen-bond donors (Lipinski definition) is 1. The molecule has 1 aromatic rings. The lowest BCUT2D eigenvalue weighted by molar-refractivity contribution is -0.275. The van der Waals surface area contributed by atoms with Crippen LogP contribution in [0.5, 0.6) is 11.5 Å². The molecule has 0 spiro atoms. The van der Waals surface area contributed by atoms with Crippen molar-refractivity contribution in [2.75, 3.05) is 0 Å². The molecule has 0 atom stereocenters. The highest BCUT2D eigenvalue weighted by Gasteiger charge is 2.36. The van der Waals surface area contributed by atoms with Crippen molar-refractivity contribution >= 4 is 19.7 Å². The number of pyridine rings is 1. The lowest BCUT2D eigenvalue weighted by atomic mass is 10.3. The first-order valence-electron chi connectivity index (χ1n) is 3.88.